The van der Waals surface area contributed by atoms with Gasteiger partial charge in [0.05, 0.1) is 27.7 Å². The number of carbonyl (C=O) groups is 2. The summed E-state index contributed by atoms with van der Waals surface area (Å²) in [4.78, 5) is 35.0. The molecule has 0 radical (unpaired) electrons. The maximum atomic E-state index is 12.6. The van der Waals surface area contributed by atoms with E-state index in [-0.39, 0.29) is 32.0 Å². The maximum Gasteiger partial charge on any atom is 0.472 e. The summed E-state index contributed by atoms with van der Waals surface area (Å²) >= 11 is 0. The van der Waals surface area contributed by atoms with Gasteiger partial charge in [0.1, 0.15) is 19.8 Å². The summed E-state index contributed by atoms with van der Waals surface area (Å²) in [6.07, 6.45) is 47.1. The van der Waals surface area contributed by atoms with E-state index in [9.17, 15) is 19.0 Å². The number of likely N-dealkylation sites (N-methyl/N-ethyl adjacent to an activating group) is 1. The van der Waals surface area contributed by atoms with E-state index in [0.717, 1.165) is 96.3 Å². The minimum atomic E-state index is -4.37. The summed E-state index contributed by atoms with van der Waals surface area (Å²) in [6, 6.07) is 0. The molecule has 0 aromatic carbocycles. The quantitative estimate of drug-likeness (QED) is 0.0216. The number of nitrogens with zero attached hydrogens (tertiary/aromatic N) is 1. The van der Waals surface area contributed by atoms with Crippen molar-refractivity contribution in [3.63, 3.8) is 0 Å². The Kier molecular flexibility index (Phi) is 36.3. The standard InChI is InChI=1S/C46H80NO8P/c1-6-8-10-12-13-14-15-16-17-18-19-20-21-22-23-24-25-26-27-28-29-30-31-32-33-35-37-39-46(49)55-44(42-52-45(48)38-36-34-11-9-7-2)43-54-56(50,51)53-41-40-47(3,4)5/h8,10,13-14,16-17,19-20,22-23,25-26,44H,6-7,9,11-12,15,18,21,24,27-43H2,1-5H3/p+1/b10-8-,14-13-,17-16-,20-19-,23-22-,26-25-. The molecule has 0 bridgehead atoms. The van der Waals surface area contributed by atoms with Crippen LogP contribution in [0.1, 0.15) is 155 Å². The van der Waals surface area contributed by atoms with Crippen LogP contribution in [0.15, 0.2) is 72.9 Å². The zero-order chi connectivity index (χ0) is 41.4. The monoisotopic (exact) mass is 807 g/mol. The second-order valence-corrected chi connectivity index (χ2v) is 16.8. The van der Waals surface area contributed by atoms with Crippen LogP contribution in [0.2, 0.25) is 0 Å². The van der Waals surface area contributed by atoms with E-state index in [2.05, 4.69) is 86.8 Å². The highest BCUT2D eigenvalue weighted by atomic mass is 31.2. The first kappa shape index (κ1) is 53.5. The van der Waals surface area contributed by atoms with E-state index >= 15 is 0 Å². The van der Waals surface area contributed by atoms with Crippen LogP contribution >= 0.6 is 7.82 Å². The minimum absolute atomic E-state index is 0.0269. The number of esters is 2. The number of unbranched alkanes of at least 4 members (excludes halogenated alkanes) is 12. The van der Waals surface area contributed by atoms with E-state index in [1.807, 2.05) is 21.1 Å². The molecule has 2 unspecified atom stereocenters. The third-order valence-electron chi connectivity index (χ3n) is 8.75. The van der Waals surface area contributed by atoms with E-state index in [1.54, 1.807) is 0 Å². The van der Waals surface area contributed by atoms with Gasteiger partial charge in [0.2, 0.25) is 0 Å². The fraction of sp³-hybridized carbons (Fsp3) is 0.696. The number of phosphoric acid groups is 1. The molecule has 0 aromatic heterocycles. The first-order chi connectivity index (χ1) is 27.0. The number of ether oxygens (including phenoxy) is 2. The summed E-state index contributed by atoms with van der Waals surface area (Å²) in [5.74, 6) is -0.829. The second-order valence-electron chi connectivity index (χ2n) is 15.4. The summed E-state index contributed by atoms with van der Waals surface area (Å²) in [7, 11) is 1.46. The van der Waals surface area contributed by atoms with Crippen LogP contribution in [0, 0.1) is 0 Å². The number of phosphoric ester groups is 1. The van der Waals surface area contributed by atoms with Crippen LogP contribution in [-0.2, 0) is 32.7 Å². The first-order valence-corrected chi connectivity index (χ1v) is 23.2. The van der Waals surface area contributed by atoms with Gasteiger partial charge in [0, 0.05) is 12.8 Å². The lowest BCUT2D eigenvalue weighted by molar-refractivity contribution is -0.870. The molecular weight excluding hydrogens is 725 g/mol. The smallest absolute Gasteiger partial charge is 0.462 e. The summed E-state index contributed by atoms with van der Waals surface area (Å²) in [5, 5.41) is 0. The molecule has 56 heavy (non-hydrogen) atoms. The van der Waals surface area contributed by atoms with E-state index in [0.29, 0.717) is 17.4 Å². The molecule has 0 spiro atoms. The first-order valence-electron chi connectivity index (χ1n) is 21.7. The van der Waals surface area contributed by atoms with E-state index in [4.69, 9.17) is 18.5 Å². The van der Waals surface area contributed by atoms with Gasteiger partial charge in [-0.15, -0.1) is 0 Å². The Bertz CT molecular complexity index is 1180. The van der Waals surface area contributed by atoms with Gasteiger partial charge in [-0.05, 0) is 64.2 Å². The van der Waals surface area contributed by atoms with Crippen LogP contribution in [-0.4, -0.2) is 74.9 Å². The van der Waals surface area contributed by atoms with Crippen molar-refractivity contribution in [1.29, 1.82) is 0 Å². The predicted molar refractivity (Wildman–Crippen MR) is 233 cm³/mol. The topological polar surface area (TPSA) is 108 Å². The molecule has 0 saturated carbocycles. The van der Waals surface area contributed by atoms with Crippen molar-refractivity contribution >= 4 is 19.8 Å². The van der Waals surface area contributed by atoms with Crippen molar-refractivity contribution in [3.8, 4) is 0 Å². The minimum Gasteiger partial charge on any atom is -0.462 e. The Morgan fingerprint density at radius 2 is 1.02 bits per heavy atom. The molecule has 0 amide bonds. The third kappa shape index (κ3) is 41.1. The normalized spacial score (nSPS) is 14.3. The molecular formula is C46H81NO8P+. The lowest BCUT2D eigenvalue weighted by Gasteiger charge is -2.24. The average molecular weight is 807 g/mol. The molecule has 0 saturated heterocycles. The zero-order valence-electron chi connectivity index (χ0n) is 36.1. The highest BCUT2D eigenvalue weighted by Crippen LogP contribution is 2.43. The Morgan fingerprint density at radius 1 is 0.571 bits per heavy atom. The Hall–Kier alpha value is -2.55. The highest BCUT2D eigenvalue weighted by molar-refractivity contribution is 7.47. The molecule has 10 heteroatoms. The van der Waals surface area contributed by atoms with Crippen LogP contribution in [0.25, 0.3) is 0 Å². The van der Waals surface area contributed by atoms with E-state index < -0.39 is 26.5 Å². The van der Waals surface area contributed by atoms with Crippen LogP contribution < -0.4 is 0 Å². The van der Waals surface area contributed by atoms with Crippen molar-refractivity contribution < 1.29 is 42.1 Å². The highest BCUT2D eigenvalue weighted by Gasteiger charge is 2.27. The van der Waals surface area contributed by atoms with Crippen LogP contribution in [0.3, 0.4) is 0 Å². The number of hydrogen-bond donors (Lipinski definition) is 1. The van der Waals surface area contributed by atoms with Crippen molar-refractivity contribution in [3.05, 3.63) is 72.9 Å². The molecule has 2 atom stereocenters. The Morgan fingerprint density at radius 3 is 1.52 bits per heavy atom. The molecule has 0 aromatic rings. The molecule has 0 aliphatic carbocycles. The lowest BCUT2D eigenvalue weighted by Crippen LogP contribution is -2.37. The molecule has 9 nitrogen and oxygen atoms in total. The second kappa shape index (κ2) is 38.0. The number of hydrogen-bond acceptors (Lipinski definition) is 7. The van der Waals surface area contributed by atoms with Gasteiger partial charge < -0.3 is 18.9 Å². The Balaban J connectivity index is 4.14. The zero-order valence-corrected chi connectivity index (χ0v) is 37.0. The van der Waals surface area contributed by atoms with Crippen molar-refractivity contribution in [2.45, 2.75) is 161 Å². The molecule has 322 valence electrons. The Labute approximate surface area is 342 Å². The van der Waals surface area contributed by atoms with Crippen LogP contribution in [0.4, 0.5) is 0 Å². The SMILES string of the molecule is CC/C=C\C/C=C\C/C=C\C/C=C\C/C=C\C/C=C\CCCCCCCCCCC(=O)OC(COC(=O)CCCCCCC)COP(=O)(O)OCC[N+](C)(C)C. The number of rotatable bonds is 38. The average Bonchev–Trinajstić information content (AvgIpc) is 3.15. The molecule has 0 rings (SSSR count). The van der Waals surface area contributed by atoms with Gasteiger partial charge >= 0.3 is 19.8 Å². The van der Waals surface area contributed by atoms with Gasteiger partial charge in [-0.3, -0.25) is 18.6 Å². The fourth-order valence-electron chi connectivity index (χ4n) is 5.37. The summed E-state index contributed by atoms with van der Waals surface area (Å²) in [5.41, 5.74) is 0. The van der Waals surface area contributed by atoms with Crippen LogP contribution in [0.5, 0.6) is 0 Å². The van der Waals surface area contributed by atoms with Gasteiger partial charge in [-0.2, -0.15) is 0 Å². The molecule has 0 fully saturated rings. The van der Waals surface area contributed by atoms with Gasteiger partial charge in [-0.25, -0.2) is 4.57 Å². The molecule has 0 aliphatic rings. The van der Waals surface area contributed by atoms with Gasteiger partial charge in [0.25, 0.3) is 0 Å². The predicted octanol–water partition coefficient (Wildman–Crippen LogP) is 12.2. The lowest BCUT2D eigenvalue weighted by atomic mass is 10.1. The largest absolute Gasteiger partial charge is 0.472 e. The maximum absolute atomic E-state index is 12.6. The number of allylic oxidation sites excluding steroid dienone is 12. The van der Waals surface area contributed by atoms with Crippen molar-refractivity contribution in [2.75, 3.05) is 47.5 Å². The fourth-order valence-corrected chi connectivity index (χ4v) is 6.11. The van der Waals surface area contributed by atoms with Crippen molar-refractivity contribution in [1.82, 2.24) is 0 Å². The summed E-state index contributed by atoms with van der Waals surface area (Å²) in [6.45, 7) is 4.18. The van der Waals surface area contributed by atoms with E-state index in [1.165, 1.54) is 25.7 Å². The van der Waals surface area contributed by atoms with Gasteiger partial charge in [-0.1, -0.05) is 151 Å². The number of quaternary nitrogens is 1. The molecule has 0 heterocycles. The molecule has 1 N–H and O–H groups in total. The molecule has 0 aliphatic heterocycles. The number of carbonyl (C=O) groups excluding carboxylic acids is 2. The van der Waals surface area contributed by atoms with Crippen molar-refractivity contribution in [2.24, 2.45) is 0 Å². The summed E-state index contributed by atoms with van der Waals surface area (Å²) < 4.78 is 34.0. The van der Waals surface area contributed by atoms with Gasteiger partial charge in [0.15, 0.2) is 6.10 Å². The third-order valence-corrected chi connectivity index (χ3v) is 9.74.